The molecule has 4 rings (SSSR count). The van der Waals surface area contributed by atoms with Gasteiger partial charge in [0.05, 0.1) is 12.0 Å². The second-order valence-electron chi connectivity index (χ2n) is 9.27. The maximum Gasteiger partial charge on any atom is 0.407 e. The smallest absolute Gasteiger partial charge is 0.407 e. The van der Waals surface area contributed by atoms with E-state index in [1.807, 2.05) is 24.3 Å². The summed E-state index contributed by atoms with van der Waals surface area (Å²) in [5.74, 6) is -2.05. The molecule has 0 aliphatic heterocycles. The van der Waals surface area contributed by atoms with Crippen LogP contribution in [0.3, 0.4) is 0 Å². The number of carboxylic acid groups (broad SMARTS) is 1. The van der Waals surface area contributed by atoms with Gasteiger partial charge < -0.3 is 25.2 Å². The van der Waals surface area contributed by atoms with Gasteiger partial charge in [0.25, 0.3) is 0 Å². The molecule has 0 radical (unpaired) electrons. The van der Waals surface area contributed by atoms with Crippen LogP contribution in [0, 0.1) is 11.8 Å². The predicted octanol–water partition coefficient (Wildman–Crippen LogP) is 3.55. The molecule has 0 bridgehead atoms. The number of alkyl carbamates (subject to hydrolysis) is 1. The lowest BCUT2D eigenvalue weighted by Crippen LogP contribution is -2.53. The quantitative estimate of drug-likeness (QED) is 0.479. The zero-order chi connectivity index (χ0) is 24.9. The fourth-order valence-corrected chi connectivity index (χ4v) is 4.93. The first kappa shape index (κ1) is 24.7. The number of nitrogens with one attached hydrogen (secondary N) is 2. The SMILES string of the molecule is CO[C@H](C)[C@H](NC(=O)C(CNC(=O)OCC1c2ccccc2-c2ccccc21)C1CCC1)C(=O)O. The molecular weight excluding hydrogens is 448 g/mol. The minimum atomic E-state index is -1.16. The molecule has 2 amide bonds. The summed E-state index contributed by atoms with van der Waals surface area (Å²) in [4.78, 5) is 37.1. The van der Waals surface area contributed by atoms with Crippen LogP contribution < -0.4 is 10.6 Å². The lowest BCUT2D eigenvalue weighted by Gasteiger charge is -2.34. The molecule has 2 aliphatic carbocycles. The molecule has 0 aromatic heterocycles. The number of fused-ring (bicyclic) bond motifs is 3. The largest absolute Gasteiger partial charge is 0.480 e. The highest BCUT2D eigenvalue weighted by molar-refractivity contribution is 5.86. The molecule has 1 fully saturated rings. The Kier molecular flexibility index (Phi) is 7.70. The second kappa shape index (κ2) is 10.9. The third-order valence-corrected chi connectivity index (χ3v) is 7.27. The molecule has 0 spiro atoms. The number of ether oxygens (including phenoxy) is 2. The van der Waals surface area contributed by atoms with Crippen LogP contribution in [0.25, 0.3) is 11.1 Å². The summed E-state index contributed by atoms with van der Waals surface area (Å²) in [6.45, 7) is 1.86. The van der Waals surface area contributed by atoms with E-state index in [1.165, 1.54) is 7.11 Å². The predicted molar refractivity (Wildman–Crippen MR) is 130 cm³/mol. The summed E-state index contributed by atoms with van der Waals surface area (Å²) in [5, 5.41) is 14.8. The molecule has 1 saturated carbocycles. The van der Waals surface area contributed by atoms with Crippen molar-refractivity contribution < 1.29 is 29.0 Å². The van der Waals surface area contributed by atoms with Crippen LogP contribution in [0.15, 0.2) is 48.5 Å². The van der Waals surface area contributed by atoms with Gasteiger partial charge in [-0.25, -0.2) is 9.59 Å². The first-order valence-electron chi connectivity index (χ1n) is 12.1. The topological polar surface area (TPSA) is 114 Å². The monoisotopic (exact) mass is 480 g/mol. The zero-order valence-electron chi connectivity index (χ0n) is 20.0. The van der Waals surface area contributed by atoms with Crippen molar-refractivity contribution >= 4 is 18.0 Å². The highest BCUT2D eigenvalue weighted by Gasteiger charge is 2.36. The van der Waals surface area contributed by atoms with Gasteiger partial charge in [-0.2, -0.15) is 0 Å². The van der Waals surface area contributed by atoms with Crippen molar-refractivity contribution in [1.82, 2.24) is 10.6 Å². The maximum atomic E-state index is 12.9. The first-order chi connectivity index (χ1) is 16.9. The number of methoxy groups -OCH3 is 1. The fraction of sp³-hybridized carbons (Fsp3) is 0.444. The van der Waals surface area contributed by atoms with Gasteiger partial charge in [-0.1, -0.05) is 55.0 Å². The van der Waals surface area contributed by atoms with Crippen LogP contribution in [0.5, 0.6) is 0 Å². The Morgan fingerprint density at radius 1 is 1.03 bits per heavy atom. The number of aliphatic carboxylic acids is 1. The minimum absolute atomic E-state index is 0.0502. The molecule has 186 valence electrons. The van der Waals surface area contributed by atoms with Gasteiger partial charge in [0, 0.05) is 19.6 Å². The summed E-state index contributed by atoms with van der Waals surface area (Å²) < 4.78 is 10.7. The van der Waals surface area contributed by atoms with Crippen LogP contribution in [-0.4, -0.2) is 55.5 Å². The van der Waals surface area contributed by atoms with E-state index in [9.17, 15) is 19.5 Å². The molecule has 35 heavy (non-hydrogen) atoms. The van der Waals surface area contributed by atoms with E-state index in [0.29, 0.717) is 0 Å². The highest BCUT2D eigenvalue weighted by Crippen LogP contribution is 2.44. The molecule has 2 aromatic rings. The van der Waals surface area contributed by atoms with E-state index in [2.05, 4.69) is 34.9 Å². The number of amides is 2. The van der Waals surface area contributed by atoms with Gasteiger partial charge in [0.15, 0.2) is 6.04 Å². The summed E-state index contributed by atoms with van der Waals surface area (Å²) in [5.41, 5.74) is 4.55. The number of hydrogen-bond acceptors (Lipinski definition) is 5. The average molecular weight is 481 g/mol. The molecule has 0 heterocycles. The van der Waals surface area contributed by atoms with E-state index >= 15 is 0 Å². The molecule has 3 atom stereocenters. The fourth-order valence-electron chi connectivity index (χ4n) is 4.93. The molecule has 2 aromatic carbocycles. The normalized spacial score (nSPS) is 17.3. The van der Waals surface area contributed by atoms with Crippen molar-refractivity contribution in [2.24, 2.45) is 11.8 Å². The molecule has 3 N–H and O–H groups in total. The number of carboxylic acids is 1. The Hall–Kier alpha value is -3.39. The van der Waals surface area contributed by atoms with Crippen LogP contribution in [0.1, 0.15) is 43.2 Å². The van der Waals surface area contributed by atoms with Crippen molar-refractivity contribution in [3.63, 3.8) is 0 Å². The Balaban J connectivity index is 1.36. The van der Waals surface area contributed by atoms with E-state index in [4.69, 9.17) is 9.47 Å². The van der Waals surface area contributed by atoms with E-state index in [0.717, 1.165) is 41.5 Å². The Bertz CT molecular complexity index is 1040. The lowest BCUT2D eigenvalue weighted by molar-refractivity contribution is -0.146. The van der Waals surface area contributed by atoms with Gasteiger partial charge >= 0.3 is 12.1 Å². The summed E-state index contributed by atoms with van der Waals surface area (Å²) in [6.07, 6.45) is 1.46. The number of hydrogen-bond donors (Lipinski definition) is 3. The number of carbonyl (C=O) groups excluding carboxylic acids is 2. The van der Waals surface area contributed by atoms with E-state index in [-0.39, 0.29) is 25.0 Å². The van der Waals surface area contributed by atoms with Crippen molar-refractivity contribution in [3.05, 3.63) is 59.7 Å². The standard InChI is InChI=1S/C27H32N2O6/c1-16(34-2)24(26(31)32)29-25(30)22(17-8-7-9-17)14-28-27(33)35-15-23-20-12-5-3-10-18(20)19-11-4-6-13-21(19)23/h3-6,10-13,16-17,22-24H,7-9,14-15H2,1-2H3,(H,28,33)(H,29,30)(H,31,32)/t16-,22?,24+/m1/s1. The number of benzene rings is 2. The van der Waals surface area contributed by atoms with E-state index < -0.39 is 36.0 Å². The van der Waals surface area contributed by atoms with Crippen molar-refractivity contribution in [3.8, 4) is 11.1 Å². The third kappa shape index (κ3) is 5.32. The third-order valence-electron chi connectivity index (χ3n) is 7.27. The van der Waals surface area contributed by atoms with E-state index in [1.54, 1.807) is 6.92 Å². The van der Waals surface area contributed by atoms with Crippen molar-refractivity contribution in [2.75, 3.05) is 20.3 Å². The minimum Gasteiger partial charge on any atom is -0.480 e. The van der Waals surface area contributed by atoms with Crippen molar-refractivity contribution in [1.29, 1.82) is 0 Å². The zero-order valence-corrected chi connectivity index (χ0v) is 20.0. The molecule has 1 unspecified atom stereocenters. The Morgan fingerprint density at radius 2 is 1.63 bits per heavy atom. The molecule has 8 heteroatoms. The Morgan fingerprint density at radius 3 is 2.14 bits per heavy atom. The molecule has 2 aliphatic rings. The Labute approximate surface area is 205 Å². The van der Waals surface area contributed by atoms with Gasteiger partial charge in [-0.3, -0.25) is 4.79 Å². The molecular formula is C27H32N2O6. The van der Waals surface area contributed by atoms with Crippen LogP contribution in [0.4, 0.5) is 4.79 Å². The van der Waals surface area contributed by atoms with Crippen LogP contribution >= 0.6 is 0 Å². The molecule has 0 saturated heterocycles. The van der Waals surface area contributed by atoms with Gasteiger partial charge in [-0.15, -0.1) is 0 Å². The lowest BCUT2D eigenvalue weighted by atomic mass is 9.75. The summed E-state index contributed by atoms with van der Waals surface area (Å²) in [6, 6.07) is 15.1. The van der Waals surface area contributed by atoms with Gasteiger partial charge in [0.2, 0.25) is 5.91 Å². The summed E-state index contributed by atoms with van der Waals surface area (Å²) >= 11 is 0. The highest BCUT2D eigenvalue weighted by atomic mass is 16.5. The maximum absolute atomic E-state index is 12.9. The van der Waals surface area contributed by atoms with Crippen molar-refractivity contribution in [2.45, 2.75) is 44.2 Å². The van der Waals surface area contributed by atoms with Crippen LogP contribution in [-0.2, 0) is 19.1 Å². The van der Waals surface area contributed by atoms with Crippen LogP contribution in [0.2, 0.25) is 0 Å². The average Bonchev–Trinajstić information content (AvgIpc) is 3.15. The second-order valence-corrected chi connectivity index (χ2v) is 9.27. The first-order valence-corrected chi connectivity index (χ1v) is 12.1. The van der Waals surface area contributed by atoms with Gasteiger partial charge in [0.1, 0.15) is 6.61 Å². The molecule has 8 nitrogen and oxygen atoms in total. The number of rotatable bonds is 10. The summed E-state index contributed by atoms with van der Waals surface area (Å²) in [7, 11) is 1.40. The van der Waals surface area contributed by atoms with Gasteiger partial charge in [-0.05, 0) is 47.9 Å². The number of carbonyl (C=O) groups is 3.